The molecule has 1 saturated carbocycles. The zero-order chi connectivity index (χ0) is 20.9. The molecule has 2 saturated heterocycles. The predicted octanol–water partition coefficient (Wildman–Crippen LogP) is 1.62. The molecule has 3 fully saturated rings. The maximum Gasteiger partial charge on any atom is 0.224 e. The Hall–Kier alpha value is -1.85. The number of fused-ring (bicyclic) bond motifs is 1. The van der Waals surface area contributed by atoms with Gasteiger partial charge in [-0.3, -0.25) is 0 Å². The Bertz CT molecular complexity index is 1030. The normalized spacial score (nSPS) is 31.1. The van der Waals surface area contributed by atoms with Gasteiger partial charge in [-0.05, 0) is 38.3 Å². The van der Waals surface area contributed by atoms with Crippen LogP contribution in [0.15, 0.2) is 18.5 Å². The van der Waals surface area contributed by atoms with Gasteiger partial charge in [0.15, 0.2) is 0 Å². The van der Waals surface area contributed by atoms with Crippen molar-refractivity contribution in [3.05, 3.63) is 18.5 Å². The second-order valence-corrected chi connectivity index (χ2v) is 10.6. The molecular weight excluding hydrogens is 414 g/mol. The highest BCUT2D eigenvalue weighted by molar-refractivity contribution is 7.90. The third kappa shape index (κ3) is 3.67. The van der Waals surface area contributed by atoms with Crippen LogP contribution in [0.5, 0.6) is 0 Å². The van der Waals surface area contributed by atoms with Crippen LogP contribution in [-0.2, 0) is 10.0 Å². The Balaban J connectivity index is 1.31. The number of anilines is 1. The molecule has 2 aromatic heterocycles. The van der Waals surface area contributed by atoms with Crippen molar-refractivity contribution in [2.75, 3.05) is 31.5 Å². The predicted molar refractivity (Wildman–Crippen MR) is 109 cm³/mol. The molecule has 30 heavy (non-hydrogen) atoms. The van der Waals surface area contributed by atoms with Crippen molar-refractivity contribution in [3.63, 3.8) is 0 Å². The first kappa shape index (κ1) is 20.1. The van der Waals surface area contributed by atoms with Crippen LogP contribution >= 0.6 is 0 Å². The van der Waals surface area contributed by atoms with E-state index >= 15 is 0 Å². The van der Waals surface area contributed by atoms with Crippen molar-refractivity contribution in [2.24, 2.45) is 0 Å². The molecule has 0 radical (unpaired) electrons. The van der Waals surface area contributed by atoms with Gasteiger partial charge in [0.25, 0.3) is 0 Å². The molecule has 11 heteroatoms. The molecule has 2 aromatic rings. The highest BCUT2D eigenvalue weighted by Gasteiger charge is 2.43. The fraction of sp³-hybridized carbons (Fsp3) is 0.684. The van der Waals surface area contributed by atoms with Gasteiger partial charge < -0.3 is 15.2 Å². The molecule has 2 aliphatic heterocycles. The Morgan fingerprint density at radius 1 is 1.17 bits per heavy atom. The molecule has 0 amide bonds. The van der Waals surface area contributed by atoms with E-state index in [-0.39, 0.29) is 30.3 Å². The summed E-state index contributed by atoms with van der Waals surface area (Å²) in [6.45, 7) is 1.20. The van der Waals surface area contributed by atoms with Crippen molar-refractivity contribution >= 4 is 27.0 Å². The van der Waals surface area contributed by atoms with E-state index in [2.05, 4.69) is 20.6 Å². The fourth-order valence-corrected chi connectivity index (χ4v) is 6.27. The molecule has 0 unspecified atom stereocenters. The maximum absolute atomic E-state index is 14.8. The summed E-state index contributed by atoms with van der Waals surface area (Å²) in [5.41, 5.74) is 0.617. The first-order chi connectivity index (χ1) is 14.4. The second kappa shape index (κ2) is 7.69. The van der Waals surface area contributed by atoms with E-state index in [0.717, 1.165) is 11.9 Å². The molecule has 1 aliphatic carbocycles. The van der Waals surface area contributed by atoms with Gasteiger partial charge in [0, 0.05) is 37.4 Å². The molecule has 0 aromatic carbocycles. The SMILES string of the molecule is O=S(=O)(C1CC1)N1CC[C@@H](Nc2ncc3ccn([C@@H]4CCNC[C@@H]4F)c3n2)[C@H](F)C1. The lowest BCUT2D eigenvalue weighted by Crippen LogP contribution is -2.50. The van der Waals surface area contributed by atoms with Gasteiger partial charge in [-0.1, -0.05) is 0 Å². The van der Waals surface area contributed by atoms with Crippen LogP contribution in [-0.4, -0.2) is 77.1 Å². The van der Waals surface area contributed by atoms with Crippen molar-refractivity contribution in [1.29, 1.82) is 0 Å². The maximum atomic E-state index is 14.8. The van der Waals surface area contributed by atoms with Gasteiger partial charge in [-0.2, -0.15) is 9.29 Å². The lowest BCUT2D eigenvalue weighted by Gasteiger charge is -2.34. The van der Waals surface area contributed by atoms with E-state index in [1.807, 2.05) is 16.8 Å². The molecule has 4 atom stereocenters. The highest BCUT2D eigenvalue weighted by Crippen LogP contribution is 2.33. The average molecular weight is 441 g/mol. The number of aromatic nitrogens is 3. The minimum absolute atomic E-state index is 0.145. The van der Waals surface area contributed by atoms with E-state index in [1.54, 1.807) is 6.20 Å². The smallest absolute Gasteiger partial charge is 0.224 e. The molecule has 0 spiro atoms. The number of sulfonamides is 1. The Morgan fingerprint density at radius 2 is 2.00 bits per heavy atom. The molecular formula is C19H26F2N6O2S. The fourth-order valence-electron chi connectivity index (χ4n) is 4.41. The number of alkyl halides is 2. The third-order valence-corrected chi connectivity index (χ3v) is 8.68. The Labute approximate surface area is 174 Å². The lowest BCUT2D eigenvalue weighted by atomic mass is 10.0. The standard InChI is InChI=1S/C19H26F2N6O2S/c20-14-10-22-6-3-17(14)27-8-4-12-9-23-19(25-18(12)27)24-16-5-7-26(11-15(16)21)30(28,29)13-1-2-13/h4,8-9,13-17,22H,1-3,5-7,10-11H2,(H,23,24,25)/t14-,15+,16+,17+/m0/s1. The average Bonchev–Trinajstić information content (AvgIpc) is 3.51. The Kier molecular flexibility index (Phi) is 5.14. The lowest BCUT2D eigenvalue weighted by molar-refractivity contribution is 0.185. The van der Waals surface area contributed by atoms with Crippen molar-refractivity contribution in [1.82, 2.24) is 24.2 Å². The minimum atomic E-state index is -3.37. The first-order valence-corrected chi connectivity index (χ1v) is 12.0. The first-order valence-electron chi connectivity index (χ1n) is 10.5. The summed E-state index contributed by atoms with van der Waals surface area (Å²) in [4.78, 5) is 8.81. The molecule has 8 nitrogen and oxygen atoms in total. The summed E-state index contributed by atoms with van der Waals surface area (Å²) in [6, 6.07) is 0.994. The van der Waals surface area contributed by atoms with Crippen LogP contribution in [0.2, 0.25) is 0 Å². The summed E-state index contributed by atoms with van der Waals surface area (Å²) >= 11 is 0. The van der Waals surface area contributed by atoms with Gasteiger partial charge in [0.1, 0.15) is 18.0 Å². The van der Waals surface area contributed by atoms with Gasteiger partial charge in [-0.15, -0.1) is 0 Å². The summed E-state index contributed by atoms with van der Waals surface area (Å²) in [7, 11) is -3.37. The van der Waals surface area contributed by atoms with E-state index in [0.29, 0.717) is 37.9 Å². The van der Waals surface area contributed by atoms with E-state index in [4.69, 9.17) is 0 Å². The third-order valence-electron chi connectivity index (χ3n) is 6.31. The zero-order valence-electron chi connectivity index (χ0n) is 16.5. The summed E-state index contributed by atoms with van der Waals surface area (Å²) in [5.74, 6) is 0.276. The molecule has 0 bridgehead atoms. The van der Waals surface area contributed by atoms with Gasteiger partial charge in [0.05, 0.1) is 17.3 Å². The number of nitrogens with one attached hydrogen (secondary N) is 2. The number of halogens is 2. The van der Waals surface area contributed by atoms with Crippen molar-refractivity contribution < 1.29 is 17.2 Å². The van der Waals surface area contributed by atoms with Crippen LogP contribution in [0.25, 0.3) is 11.0 Å². The summed E-state index contributed by atoms with van der Waals surface area (Å²) < 4.78 is 57.0. The van der Waals surface area contributed by atoms with Crippen molar-refractivity contribution in [2.45, 2.75) is 55.4 Å². The van der Waals surface area contributed by atoms with E-state index in [9.17, 15) is 17.2 Å². The molecule has 5 rings (SSSR count). The highest BCUT2D eigenvalue weighted by atomic mass is 32.2. The summed E-state index contributed by atoms with van der Waals surface area (Å²) in [5, 5.41) is 6.55. The van der Waals surface area contributed by atoms with Crippen LogP contribution in [0.3, 0.4) is 0 Å². The quantitative estimate of drug-likeness (QED) is 0.734. The number of rotatable bonds is 5. The van der Waals surface area contributed by atoms with Gasteiger partial charge in [0.2, 0.25) is 16.0 Å². The Morgan fingerprint density at radius 3 is 2.73 bits per heavy atom. The number of nitrogens with zero attached hydrogens (tertiary/aromatic N) is 4. The zero-order valence-corrected chi connectivity index (χ0v) is 17.4. The van der Waals surface area contributed by atoms with Crippen LogP contribution in [0, 0.1) is 0 Å². The topological polar surface area (TPSA) is 92.2 Å². The monoisotopic (exact) mass is 440 g/mol. The van der Waals surface area contributed by atoms with E-state index in [1.165, 1.54) is 4.31 Å². The minimum Gasteiger partial charge on any atom is -0.348 e. The number of piperidine rings is 2. The molecule has 4 heterocycles. The van der Waals surface area contributed by atoms with Gasteiger partial charge in [-0.25, -0.2) is 22.2 Å². The number of hydrogen-bond donors (Lipinski definition) is 2. The molecule has 2 N–H and O–H groups in total. The largest absolute Gasteiger partial charge is 0.348 e. The second-order valence-electron chi connectivity index (χ2n) is 8.43. The number of hydrogen-bond acceptors (Lipinski definition) is 6. The molecule has 164 valence electrons. The summed E-state index contributed by atoms with van der Waals surface area (Å²) in [6.07, 6.45) is 3.46. The van der Waals surface area contributed by atoms with Crippen molar-refractivity contribution in [3.8, 4) is 0 Å². The van der Waals surface area contributed by atoms with Crippen LogP contribution in [0.1, 0.15) is 31.7 Å². The van der Waals surface area contributed by atoms with E-state index < -0.39 is 28.4 Å². The van der Waals surface area contributed by atoms with Gasteiger partial charge >= 0.3 is 0 Å². The van der Waals surface area contributed by atoms with Crippen LogP contribution < -0.4 is 10.6 Å². The molecule has 3 aliphatic rings. The van der Waals surface area contributed by atoms with Crippen LogP contribution in [0.4, 0.5) is 14.7 Å².